The number of hydrogen-bond donors (Lipinski definition) is 4. The maximum Gasteiger partial charge on any atom is 0.251 e. The van der Waals surface area contributed by atoms with E-state index in [9.17, 15) is 15.0 Å². The number of nitrogens with one attached hydrogen (secondary N) is 2. The Balaban J connectivity index is 1.21. The van der Waals surface area contributed by atoms with Gasteiger partial charge in [0, 0.05) is 25.2 Å². The highest BCUT2D eigenvalue weighted by Gasteiger charge is 2.14. The van der Waals surface area contributed by atoms with E-state index in [0.29, 0.717) is 50.3 Å². The maximum atomic E-state index is 12.0. The first-order valence-electron chi connectivity index (χ1n) is 11.5. The molecular formula is C25H34N2O6. The van der Waals surface area contributed by atoms with E-state index in [2.05, 4.69) is 10.6 Å². The van der Waals surface area contributed by atoms with Crippen LogP contribution in [-0.2, 0) is 4.74 Å². The molecule has 0 spiro atoms. The van der Waals surface area contributed by atoms with Gasteiger partial charge in [-0.05, 0) is 61.4 Å². The van der Waals surface area contributed by atoms with Gasteiger partial charge in [-0.25, -0.2) is 0 Å². The predicted octanol–water partition coefficient (Wildman–Crippen LogP) is 2.49. The molecule has 2 aromatic carbocycles. The van der Waals surface area contributed by atoms with Gasteiger partial charge in [-0.1, -0.05) is 12.8 Å². The standard InChI is InChI=1S/C25H34N2O6/c28-20-7-5-19(6-8-20)25(30)27-14-13-26-17-21(29)18-33-24-11-9-23(10-12-24)32-16-15-31-22-3-1-2-4-22/h5-12,21-22,26,28-29H,1-4,13-18H2,(H,27,30). The largest absolute Gasteiger partial charge is 0.508 e. The number of benzene rings is 2. The number of carbonyl (C=O) groups is 1. The summed E-state index contributed by atoms with van der Waals surface area (Å²) in [6, 6.07) is 13.4. The third-order valence-corrected chi connectivity index (χ3v) is 5.37. The Kier molecular flexibility index (Phi) is 10.3. The first-order chi connectivity index (χ1) is 16.1. The Hall–Kier alpha value is -2.81. The molecule has 1 aliphatic rings. The third kappa shape index (κ3) is 9.29. The topological polar surface area (TPSA) is 109 Å². The van der Waals surface area contributed by atoms with Gasteiger partial charge >= 0.3 is 0 Å². The van der Waals surface area contributed by atoms with Crippen LogP contribution in [0.1, 0.15) is 36.0 Å². The Morgan fingerprint density at radius 1 is 0.939 bits per heavy atom. The summed E-state index contributed by atoms with van der Waals surface area (Å²) in [7, 11) is 0. The summed E-state index contributed by atoms with van der Waals surface area (Å²) in [5.41, 5.74) is 0.482. The average Bonchev–Trinajstić information content (AvgIpc) is 3.35. The van der Waals surface area contributed by atoms with E-state index in [1.54, 1.807) is 12.1 Å². The Labute approximate surface area is 194 Å². The summed E-state index contributed by atoms with van der Waals surface area (Å²) in [5, 5.41) is 25.2. The Morgan fingerprint density at radius 2 is 1.61 bits per heavy atom. The molecular weight excluding hydrogens is 424 g/mol. The van der Waals surface area contributed by atoms with Gasteiger partial charge < -0.3 is 35.1 Å². The molecule has 1 saturated carbocycles. The molecule has 0 aromatic heterocycles. The third-order valence-electron chi connectivity index (χ3n) is 5.37. The second-order valence-electron chi connectivity index (χ2n) is 8.07. The molecule has 0 heterocycles. The fourth-order valence-electron chi connectivity index (χ4n) is 3.56. The molecule has 0 radical (unpaired) electrons. The van der Waals surface area contributed by atoms with Crippen molar-refractivity contribution in [3.8, 4) is 17.2 Å². The van der Waals surface area contributed by atoms with E-state index < -0.39 is 6.10 Å². The number of carbonyl (C=O) groups excluding carboxylic acids is 1. The lowest BCUT2D eigenvalue weighted by Crippen LogP contribution is -2.37. The van der Waals surface area contributed by atoms with Crippen LogP contribution in [0.2, 0.25) is 0 Å². The van der Waals surface area contributed by atoms with Crippen LogP contribution in [0, 0.1) is 0 Å². The molecule has 1 aliphatic carbocycles. The van der Waals surface area contributed by atoms with E-state index in [1.165, 1.54) is 25.0 Å². The molecule has 180 valence electrons. The molecule has 2 aromatic rings. The minimum absolute atomic E-state index is 0.119. The molecule has 8 nitrogen and oxygen atoms in total. The molecule has 1 atom stereocenters. The van der Waals surface area contributed by atoms with E-state index in [0.717, 1.165) is 18.6 Å². The van der Waals surface area contributed by atoms with Crippen molar-refractivity contribution in [1.29, 1.82) is 0 Å². The van der Waals surface area contributed by atoms with Gasteiger partial charge in [0.1, 0.15) is 36.6 Å². The molecule has 0 aliphatic heterocycles. The minimum atomic E-state index is -0.679. The minimum Gasteiger partial charge on any atom is -0.508 e. The van der Waals surface area contributed by atoms with Crippen LogP contribution < -0.4 is 20.1 Å². The van der Waals surface area contributed by atoms with Crippen molar-refractivity contribution < 1.29 is 29.2 Å². The average molecular weight is 459 g/mol. The zero-order valence-corrected chi connectivity index (χ0v) is 18.9. The van der Waals surface area contributed by atoms with Gasteiger partial charge in [0.25, 0.3) is 5.91 Å². The lowest BCUT2D eigenvalue weighted by atomic mass is 10.2. The summed E-state index contributed by atoms with van der Waals surface area (Å²) >= 11 is 0. The fraction of sp³-hybridized carbons (Fsp3) is 0.480. The molecule has 1 fully saturated rings. The Morgan fingerprint density at radius 3 is 2.30 bits per heavy atom. The quantitative estimate of drug-likeness (QED) is 0.322. The summed E-state index contributed by atoms with van der Waals surface area (Å²) < 4.78 is 17.1. The number of aliphatic hydroxyl groups excluding tert-OH is 1. The first kappa shape index (κ1) is 24.8. The zero-order valence-electron chi connectivity index (χ0n) is 18.9. The molecule has 0 bridgehead atoms. The highest BCUT2D eigenvalue weighted by molar-refractivity contribution is 5.94. The van der Waals surface area contributed by atoms with Gasteiger partial charge in [0.2, 0.25) is 0 Å². The molecule has 0 saturated heterocycles. The normalized spacial score (nSPS) is 14.7. The zero-order chi connectivity index (χ0) is 23.3. The maximum absolute atomic E-state index is 12.0. The van der Waals surface area contributed by atoms with Crippen LogP contribution >= 0.6 is 0 Å². The fourth-order valence-corrected chi connectivity index (χ4v) is 3.56. The predicted molar refractivity (Wildman–Crippen MR) is 125 cm³/mol. The molecule has 1 amide bonds. The van der Waals surface area contributed by atoms with Crippen molar-refractivity contribution in [2.24, 2.45) is 0 Å². The number of phenolic OH excluding ortho intramolecular Hbond substituents is 1. The van der Waals surface area contributed by atoms with Crippen LogP contribution in [0.25, 0.3) is 0 Å². The smallest absolute Gasteiger partial charge is 0.251 e. The van der Waals surface area contributed by atoms with Gasteiger partial charge in [-0.3, -0.25) is 4.79 Å². The summed E-state index contributed by atoms with van der Waals surface area (Å²) in [6.07, 6.45) is 4.56. The van der Waals surface area contributed by atoms with Crippen molar-refractivity contribution in [2.45, 2.75) is 37.9 Å². The van der Waals surface area contributed by atoms with Crippen molar-refractivity contribution in [2.75, 3.05) is 39.5 Å². The van der Waals surface area contributed by atoms with Gasteiger partial charge in [0.05, 0.1) is 12.7 Å². The molecule has 3 rings (SSSR count). The number of rotatable bonds is 14. The summed E-state index contributed by atoms with van der Waals surface area (Å²) in [4.78, 5) is 12.0. The summed E-state index contributed by atoms with van der Waals surface area (Å²) in [6.45, 7) is 2.55. The van der Waals surface area contributed by atoms with Crippen LogP contribution in [0.5, 0.6) is 17.2 Å². The van der Waals surface area contributed by atoms with Crippen LogP contribution in [0.3, 0.4) is 0 Å². The van der Waals surface area contributed by atoms with Crippen molar-refractivity contribution >= 4 is 5.91 Å². The van der Waals surface area contributed by atoms with Gasteiger partial charge in [-0.15, -0.1) is 0 Å². The highest BCUT2D eigenvalue weighted by Crippen LogP contribution is 2.21. The molecule has 8 heteroatoms. The van der Waals surface area contributed by atoms with E-state index in [-0.39, 0.29) is 18.3 Å². The van der Waals surface area contributed by atoms with Crippen LogP contribution in [0.4, 0.5) is 0 Å². The van der Waals surface area contributed by atoms with Crippen molar-refractivity contribution in [3.63, 3.8) is 0 Å². The van der Waals surface area contributed by atoms with E-state index >= 15 is 0 Å². The number of amides is 1. The van der Waals surface area contributed by atoms with Crippen LogP contribution in [0.15, 0.2) is 48.5 Å². The lowest BCUT2D eigenvalue weighted by molar-refractivity contribution is 0.0382. The van der Waals surface area contributed by atoms with Crippen molar-refractivity contribution in [1.82, 2.24) is 10.6 Å². The monoisotopic (exact) mass is 458 g/mol. The summed E-state index contributed by atoms with van der Waals surface area (Å²) in [5.74, 6) is 1.32. The number of aliphatic hydroxyl groups is 1. The van der Waals surface area contributed by atoms with E-state index in [4.69, 9.17) is 14.2 Å². The number of phenols is 1. The Bertz CT molecular complexity index is 822. The van der Waals surface area contributed by atoms with Crippen molar-refractivity contribution in [3.05, 3.63) is 54.1 Å². The van der Waals surface area contributed by atoms with E-state index in [1.807, 2.05) is 24.3 Å². The number of hydrogen-bond acceptors (Lipinski definition) is 7. The SMILES string of the molecule is O=C(NCCNCC(O)COc1ccc(OCCOC2CCCC2)cc1)c1ccc(O)cc1. The number of aromatic hydroxyl groups is 1. The first-order valence-corrected chi connectivity index (χ1v) is 11.5. The second-order valence-corrected chi connectivity index (χ2v) is 8.07. The molecule has 4 N–H and O–H groups in total. The lowest BCUT2D eigenvalue weighted by Gasteiger charge is -2.14. The molecule has 33 heavy (non-hydrogen) atoms. The highest BCUT2D eigenvalue weighted by atomic mass is 16.5. The molecule has 1 unspecified atom stereocenters. The van der Waals surface area contributed by atoms with Crippen LogP contribution in [-0.4, -0.2) is 67.8 Å². The van der Waals surface area contributed by atoms with Gasteiger partial charge in [-0.2, -0.15) is 0 Å². The number of ether oxygens (including phenoxy) is 3. The van der Waals surface area contributed by atoms with Gasteiger partial charge in [0.15, 0.2) is 0 Å². The second kappa shape index (κ2) is 13.7.